The highest BCUT2D eigenvalue weighted by Crippen LogP contribution is 2.08. The smallest absolute Gasteiger partial charge is 0.339 e. The zero-order valence-corrected chi connectivity index (χ0v) is 9.35. The Balaban J connectivity index is 2.53. The highest BCUT2D eigenvalue weighted by molar-refractivity contribution is 5.89. The quantitative estimate of drug-likeness (QED) is 0.712. The number of ether oxygens (including phenoxy) is 1. The van der Waals surface area contributed by atoms with Gasteiger partial charge in [0.05, 0.1) is 5.56 Å². The Kier molecular flexibility index (Phi) is 5.07. The van der Waals surface area contributed by atoms with Crippen LogP contribution < -0.4 is 0 Å². The van der Waals surface area contributed by atoms with E-state index < -0.39 is 12.1 Å². The maximum Gasteiger partial charge on any atom is 0.339 e. The van der Waals surface area contributed by atoms with Gasteiger partial charge in [-0.3, -0.25) is 0 Å². The number of unbranched alkanes of at least 4 members (excludes halogenated alkanes) is 1. The lowest BCUT2D eigenvalue weighted by Crippen LogP contribution is -2.16. The van der Waals surface area contributed by atoms with E-state index in [-0.39, 0.29) is 0 Å². The van der Waals surface area contributed by atoms with Crippen LogP contribution in [-0.4, -0.2) is 12.1 Å². The largest absolute Gasteiger partial charge is 0.443 e. The van der Waals surface area contributed by atoms with Crippen molar-refractivity contribution in [2.45, 2.75) is 32.3 Å². The molecule has 1 atom stereocenters. The van der Waals surface area contributed by atoms with Crippen LogP contribution in [-0.2, 0) is 4.74 Å². The summed E-state index contributed by atoms with van der Waals surface area (Å²) in [7, 11) is 0. The summed E-state index contributed by atoms with van der Waals surface area (Å²) >= 11 is 0. The average Bonchev–Trinajstić information content (AvgIpc) is 2.35. The Morgan fingerprint density at radius 3 is 2.69 bits per heavy atom. The van der Waals surface area contributed by atoms with Crippen LogP contribution in [0.25, 0.3) is 0 Å². The van der Waals surface area contributed by atoms with Gasteiger partial charge in [-0.05, 0) is 25.0 Å². The van der Waals surface area contributed by atoms with Crippen molar-refractivity contribution in [1.29, 1.82) is 5.26 Å². The van der Waals surface area contributed by atoms with Crippen LogP contribution in [0, 0.1) is 11.3 Å². The monoisotopic (exact) mass is 217 g/mol. The van der Waals surface area contributed by atoms with Crippen molar-refractivity contribution in [2.24, 2.45) is 0 Å². The number of hydrogen-bond acceptors (Lipinski definition) is 3. The topological polar surface area (TPSA) is 50.1 Å². The zero-order chi connectivity index (χ0) is 11.8. The van der Waals surface area contributed by atoms with Crippen LogP contribution in [0.2, 0.25) is 0 Å². The summed E-state index contributed by atoms with van der Waals surface area (Å²) in [5.41, 5.74) is 0.485. The third kappa shape index (κ3) is 3.74. The van der Waals surface area contributed by atoms with Crippen LogP contribution in [0.1, 0.15) is 36.5 Å². The average molecular weight is 217 g/mol. The minimum atomic E-state index is -0.632. The maximum atomic E-state index is 11.6. The Labute approximate surface area is 95.7 Å². The van der Waals surface area contributed by atoms with Gasteiger partial charge in [-0.1, -0.05) is 31.5 Å². The molecule has 0 radical (unpaired) electrons. The number of carbonyl (C=O) groups is 1. The molecular formula is C13H15NO2. The number of benzene rings is 1. The fourth-order valence-electron chi connectivity index (χ4n) is 1.31. The van der Waals surface area contributed by atoms with Crippen LogP contribution in [0.4, 0.5) is 0 Å². The molecule has 1 unspecified atom stereocenters. The molecule has 0 bridgehead atoms. The van der Waals surface area contributed by atoms with E-state index in [2.05, 4.69) is 0 Å². The number of esters is 1. The van der Waals surface area contributed by atoms with Crippen molar-refractivity contribution >= 4 is 5.97 Å². The maximum absolute atomic E-state index is 11.6. The SMILES string of the molecule is CCCCC(C#N)OC(=O)c1ccccc1. The van der Waals surface area contributed by atoms with Gasteiger partial charge in [0.2, 0.25) is 0 Å². The van der Waals surface area contributed by atoms with Crippen molar-refractivity contribution in [3.63, 3.8) is 0 Å². The second-order valence-corrected chi connectivity index (χ2v) is 3.53. The molecule has 84 valence electrons. The van der Waals surface area contributed by atoms with Crippen LogP contribution in [0.15, 0.2) is 30.3 Å². The molecular weight excluding hydrogens is 202 g/mol. The molecule has 0 fully saturated rings. The minimum Gasteiger partial charge on any atom is -0.443 e. The first-order valence-corrected chi connectivity index (χ1v) is 5.43. The van der Waals surface area contributed by atoms with Gasteiger partial charge in [-0.15, -0.1) is 0 Å². The van der Waals surface area contributed by atoms with E-state index >= 15 is 0 Å². The van der Waals surface area contributed by atoms with E-state index in [1.165, 1.54) is 0 Å². The van der Waals surface area contributed by atoms with Gasteiger partial charge in [0.1, 0.15) is 6.07 Å². The van der Waals surface area contributed by atoms with E-state index in [9.17, 15) is 4.79 Å². The molecule has 1 aromatic carbocycles. The highest BCUT2D eigenvalue weighted by atomic mass is 16.5. The third-order valence-corrected chi connectivity index (χ3v) is 2.22. The molecule has 0 aliphatic heterocycles. The molecule has 3 nitrogen and oxygen atoms in total. The van der Waals surface area contributed by atoms with E-state index in [1.807, 2.05) is 19.1 Å². The number of nitrogens with zero attached hydrogens (tertiary/aromatic N) is 1. The molecule has 0 saturated carbocycles. The first-order chi connectivity index (χ1) is 7.77. The second kappa shape index (κ2) is 6.62. The van der Waals surface area contributed by atoms with Gasteiger partial charge in [0, 0.05) is 0 Å². The normalized spacial score (nSPS) is 11.5. The molecule has 0 amide bonds. The van der Waals surface area contributed by atoms with Gasteiger partial charge >= 0.3 is 5.97 Å². The number of carbonyl (C=O) groups excluding carboxylic acids is 1. The Morgan fingerprint density at radius 1 is 1.44 bits per heavy atom. The lowest BCUT2D eigenvalue weighted by atomic mass is 10.2. The standard InChI is InChI=1S/C13H15NO2/c1-2-3-9-12(10-14)16-13(15)11-7-5-4-6-8-11/h4-8,12H,2-3,9H2,1H3. The molecule has 0 saturated heterocycles. The lowest BCUT2D eigenvalue weighted by Gasteiger charge is -2.10. The van der Waals surface area contributed by atoms with Crippen molar-refractivity contribution in [2.75, 3.05) is 0 Å². The molecule has 0 aromatic heterocycles. The Bertz CT molecular complexity index is 367. The van der Waals surface area contributed by atoms with E-state index in [0.29, 0.717) is 12.0 Å². The number of rotatable bonds is 5. The van der Waals surface area contributed by atoms with Gasteiger partial charge in [0.15, 0.2) is 6.10 Å². The summed E-state index contributed by atoms with van der Waals surface area (Å²) in [6.45, 7) is 2.04. The predicted molar refractivity (Wildman–Crippen MR) is 60.8 cm³/mol. The van der Waals surface area contributed by atoms with Crippen LogP contribution >= 0.6 is 0 Å². The van der Waals surface area contributed by atoms with E-state index in [1.54, 1.807) is 24.3 Å². The van der Waals surface area contributed by atoms with Gasteiger partial charge in [0.25, 0.3) is 0 Å². The fourth-order valence-corrected chi connectivity index (χ4v) is 1.31. The molecule has 0 spiro atoms. The summed E-state index contributed by atoms with van der Waals surface area (Å²) in [4.78, 5) is 11.6. The lowest BCUT2D eigenvalue weighted by molar-refractivity contribution is 0.0390. The minimum absolute atomic E-state index is 0.428. The zero-order valence-electron chi connectivity index (χ0n) is 9.35. The summed E-state index contributed by atoms with van der Waals surface area (Å²) in [5.74, 6) is -0.428. The Hall–Kier alpha value is -1.82. The fraction of sp³-hybridized carbons (Fsp3) is 0.385. The second-order valence-electron chi connectivity index (χ2n) is 3.53. The summed E-state index contributed by atoms with van der Waals surface area (Å²) in [6.07, 6.45) is 1.85. The summed E-state index contributed by atoms with van der Waals surface area (Å²) in [5, 5.41) is 8.82. The van der Waals surface area contributed by atoms with Crippen LogP contribution in [0.5, 0.6) is 0 Å². The number of hydrogen-bond donors (Lipinski definition) is 0. The molecule has 0 aliphatic carbocycles. The van der Waals surface area contributed by atoms with Crippen molar-refractivity contribution in [1.82, 2.24) is 0 Å². The molecule has 3 heteroatoms. The van der Waals surface area contributed by atoms with E-state index in [0.717, 1.165) is 12.8 Å². The van der Waals surface area contributed by atoms with Gasteiger partial charge in [-0.25, -0.2) is 4.79 Å². The first kappa shape index (κ1) is 12.3. The highest BCUT2D eigenvalue weighted by Gasteiger charge is 2.14. The van der Waals surface area contributed by atoms with Crippen molar-refractivity contribution < 1.29 is 9.53 Å². The van der Waals surface area contributed by atoms with Gasteiger partial charge in [-0.2, -0.15) is 5.26 Å². The summed E-state index contributed by atoms with van der Waals surface area (Å²) in [6, 6.07) is 10.7. The molecule has 1 rings (SSSR count). The third-order valence-electron chi connectivity index (χ3n) is 2.22. The molecule has 0 heterocycles. The number of nitriles is 1. The predicted octanol–water partition coefficient (Wildman–Crippen LogP) is 2.93. The van der Waals surface area contributed by atoms with Crippen LogP contribution in [0.3, 0.4) is 0 Å². The molecule has 16 heavy (non-hydrogen) atoms. The Morgan fingerprint density at radius 2 is 2.12 bits per heavy atom. The molecule has 0 N–H and O–H groups in total. The van der Waals surface area contributed by atoms with Crippen molar-refractivity contribution in [3.05, 3.63) is 35.9 Å². The van der Waals surface area contributed by atoms with Crippen molar-refractivity contribution in [3.8, 4) is 6.07 Å². The van der Waals surface area contributed by atoms with Gasteiger partial charge < -0.3 is 4.74 Å². The first-order valence-electron chi connectivity index (χ1n) is 5.43. The molecule has 0 aliphatic rings. The molecule has 1 aromatic rings. The van der Waals surface area contributed by atoms with E-state index in [4.69, 9.17) is 10.00 Å². The summed E-state index contributed by atoms with van der Waals surface area (Å²) < 4.78 is 5.09.